The smallest absolute Gasteiger partial charge is 0.0693 e. The molecule has 3 unspecified atom stereocenters. The lowest BCUT2D eigenvalue weighted by Gasteiger charge is -2.29. The zero-order chi connectivity index (χ0) is 11.5. The summed E-state index contributed by atoms with van der Waals surface area (Å²) in [6, 6.07) is 3.21. The highest BCUT2D eigenvalue weighted by atomic mass is 32.1. The van der Waals surface area contributed by atoms with E-state index in [2.05, 4.69) is 30.6 Å². The first-order valence-corrected chi connectivity index (χ1v) is 6.95. The Bertz CT molecular complexity index is 336. The number of thiophene rings is 1. The van der Waals surface area contributed by atoms with Gasteiger partial charge in [0.25, 0.3) is 0 Å². The molecule has 0 saturated carbocycles. The van der Waals surface area contributed by atoms with Gasteiger partial charge in [0, 0.05) is 24.1 Å². The Balaban J connectivity index is 2.02. The van der Waals surface area contributed by atoms with Crippen LogP contribution >= 0.6 is 11.3 Å². The predicted octanol–water partition coefficient (Wildman–Crippen LogP) is 3.14. The van der Waals surface area contributed by atoms with E-state index in [0.29, 0.717) is 12.1 Å². The van der Waals surface area contributed by atoms with Gasteiger partial charge >= 0.3 is 0 Å². The summed E-state index contributed by atoms with van der Waals surface area (Å²) >= 11 is 1.90. The van der Waals surface area contributed by atoms with Crippen LogP contribution in [0.4, 0.5) is 0 Å². The van der Waals surface area contributed by atoms with Gasteiger partial charge in [-0.05, 0) is 50.1 Å². The van der Waals surface area contributed by atoms with E-state index in [9.17, 15) is 0 Å². The molecule has 0 spiro atoms. The van der Waals surface area contributed by atoms with Crippen LogP contribution in [0.25, 0.3) is 0 Å². The van der Waals surface area contributed by atoms with Gasteiger partial charge in [0.15, 0.2) is 0 Å². The lowest BCUT2D eigenvalue weighted by Crippen LogP contribution is -2.39. The van der Waals surface area contributed by atoms with Gasteiger partial charge in [0.1, 0.15) is 0 Å². The molecule has 16 heavy (non-hydrogen) atoms. The van der Waals surface area contributed by atoms with Crippen LogP contribution in [0.2, 0.25) is 0 Å². The maximum absolute atomic E-state index is 5.36. The molecule has 3 heteroatoms. The fraction of sp³-hybridized carbons (Fsp3) is 0.692. The van der Waals surface area contributed by atoms with Crippen molar-refractivity contribution in [3.05, 3.63) is 21.9 Å². The van der Waals surface area contributed by atoms with Crippen LogP contribution in [0, 0.1) is 0 Å². The largest absolute Gasteiger partial charge is 0.380 e. The van der Waals surface area contributed by atoms with Gasteiger partial charge < -0.3 is 10.1 Å². The monoisotopic (exact) mass is 239 g/mol. The molecule has 0 fully saturated rings. The van der Waals surface area contributed by atoms with Gasteiger partial charge in [-0.3, -0.25) is 0 Å². The van der Waals surface area contributed by atoms with Gasteiger partial charge in [-0.25, -0.2) is 0 Å². The van der Waals surface area contributed by atoms with E-state index >= 15 is 0 Å². The molecule has 2 rings (SSSR count). The minimum Gasteiger partial charge on any atom is -0.380 e. The highest BCUT2D eigenvalue weighted by Crippen LogP contribution is 2.33. The van der Waals surface area contributed by atoms with E-state index in [0.717, 1.165) is 0 Å². The number of methoxy groups -OCH3 is 1. The topological polar surface area (TPSA) is 21.3 Å². The van der Waals surface area contributed by atoms with Crippen molar-refractivity contribution >= 4 is 11.3 Å². The molecule has 0 aliphatic heterocycles. The van der Waals surface area contributed by atoms with Crippen molar-refractivity contribution in [2.75, 3.05) is 7.11 Å². The summed E-state index contributed by atoms with van der Waals surface area (Å²) < 4.78 is 5.36. The summed E-state index contributed by atoms with van der Waals surface area (Å²) in [6.07, 6.45) is 4.09. The second kappa shape index (κ2) is 5.30. The SMILES string of the molecule is COC(C)C(C)NC1CCCc2sccc21. The maximum Gasteiger partial charge on any atom is 0.0693 e. The van der Waals surface area contributed by atoms with Crippen LogP contribution in [-0.4, -0.2) is 19.3 Å². The quantitative estimate of drug-likeness (QED) is 0.871. The first kappa shape index (κ1) is 12.1. The van der Waals surface area contributed by atoms with E-state index in [1.54, 1.807) is 12.0 Å². The Kier molecular flexibility index (Phi) is 4.00. The molecule has 0 aromatic carbocycles. The predicted molar refractivity (Wildman–Crippen MR) is 69.1 cm³/mol. The van der Waals surface area contributed by atoms with Gasteiger partial charge in [-0.1, -0.05) is 0 Å². The highest BCUT2D eigenvalue weighted by molar-refractivity contribution is 7.10. The number of fused-ring (bicyclic) bond motifs is 1. The number of rotatable bonds is 4. The van der Waals surface area contributed by atoms with E-state index in [4.69, 9.17) is 4.74 Å². The summed E-state index contributed by atoms with van der Waals surface area (Å²) in [5, 5.41) is 5.91. The van der Waals surface area contributed by atoms with Crippen molar-refractivity contribution in [1.82, 2.24) is 5.32 Å². The molecule has 0 bridgehead atoms. The third-order valence-electron chi connectivity index (χ3n) is 3.59. The Morgan fingerprint density at radius 2 is 2.31 bits per heavy atom. The molecule has 1 aromatic heterocycles. The van der Waals surface area contributed by atoms with Crippen LogP contribution in [0.15, 0.2) is 11.4 Å². The summed E-state index contributed by atoms with van der Waals surface area (Å²) in [6.45, 7) is 4.32. The Morgan fingerprint density at radius 1 is 1.50 bits per heavy atom. The lowest BCUT2D eigenvalue weighted by atomic mass is 9.93. The normalized spacial score (nSPS) is 23.8. The van der Waals surface area contributed by atoms with Crippen molar-refractivity contribution in [1.29, 1.82) is 0 Å². The summed E-state index contributed by atoms with van der Waals surface area (Å²) in [5.41, 5.74) is 1.52. The fourth-order valence-electron chi connectivity index (χ4n) is 2.32. The molecule has 0 saturated heterocycles. The second-order valence-corrected chi connectivity index (χ2v) is 5.64. The molecular formula is C13H21NOS. The second-order valence-electron chi connectivity index (χ2n) is 4.64. The molecule has 1 aliphatic rings. The summed E-state index contributed by atoms with van der Waals surface area (Å²) in [5.74, 6) is 0. The van der Waals surface area contributed by atoms with E-state index in [1.807, 2.05) is 11.3 Å². The average molecular weight is 239 g/mol. The Morgan fingerprint density at radius 3 is 3.06 bits per heavy atom. The summed E-state index contributed by atoms with van der Waals surface area (Å²) in [4.78, 5) is 1.57. The maximum atomic E-state index is 5.36. The van der Waals surface area contributed by atoms with Gasteiger partial charge in [-0.15, -0.1) is 11.3 Å². The molecule has 1 heterocycles. The zero-order valence-corrected chi connectivity index (χ0v) is 11.1. The molecule has 1 N–H and O–H groups in total. The molecule has 2 nitrogen and oxygen atoms in total. The molecule has 3 atom stereocenters. The van der Waals surface area contributed by atoms with Crippen LogP contribution < -0.4 is 5.32 Å². The Labute approximate surface area is 102 Å². The summed E-state index contributed by atoms with van der Waals surface area (Å²) in [7, 11) is 1.78. The third-order valence-corrected chi connectivity index (χ3v) is 4.59. The zero-order valence-electron chi connectivity index (χ0n) is 10.3. The highest BCUT2D eigenvalue weighted by Gasteiger charge is 2.23. The van der Waals surface area contributed by atoms with Crippen molar-refractivity contribution in [3.63, 3.8) is 0 Å². The van der Waals surface area contributed by atoms with Crippen molar-refractivity contribution in [3.8, 4) is 0 Å². The van der Waals surface area contributed by atoms with Crippen molar-refractivity contribution in [2.45, 2.75) is 51.3 Å². The van der Waals surface area contributed by atoms with E-state index in [1.165, 1.54) is 24.8 Å². The van der Waals surface area contributed by atoms with Crippen molar-refractivity contribution in [2.24, 2.45) is 0 Å². The third kappa shape index (κ3) is 2.47. The van der Waals surface area contributed by atoms with Gasteiger partial charge in [0.2, 0.25) is 0 Å². The molecule has 1 aromatic rings. The van der Waals surface area contributed by atoms with Crippen LogP contribution in [0.5, 0.6) is 0 Å². The van der Waals surface area contributed by atoms with Crippen LogP contribution in [0.3, 0.4) is 0 Å². The number of hydrogen-bond donors (Lipinski definition) is 1. The van der Waals surface area contributed by atoms with Crippen LogP contribution in [0.1, 0.15) is 43.2 Å². The number of aryl methyl sites for hydroxylation is 1. The number of hydrogen-bond acceptors (Lipinski definition) is 3. The number of nitrogens with one attached hydrogen (secondary N) is 1. The minimum atomic E-state index is 0.268. The van der Waals surface area contributed by atoms with Gasteiger partial charge in [-0.2, -0.15) is 0 Å². The van der Waals surface area contributed by atoms with Crippen molar-refractivity contribution < 1.29 is 4.74 Å². The van der Waals surface area contributed by atoms with E-state index < -0.39 is 0 Å². The number of ether oxygens (including phenoxy) is 1. The first-order chi connectivity index (χ1) is 7.72. The van der Waals surface area contributed by atoms with E-state index in [-0.39, 0.29) is 6.10 Å². The minimum absolute atomic E-state index is 0.268. The molecular weight excluding hydrogens is 218 g/mol. The standard InChI is InChI=1S/C13H21NOS/c1-9(10(2)15-3)14-12-5-4-6-13-11(12)7-8-16-13/h7-10,12,14H,4-6H2,1-3H3. The lowest BCUT2D eigenvalue weighted by molar-refractivity contribution is 0.0834. The van der Waals surface area contributed by atoms with Crippen LogP contribution in [-0.2, 0) is 11.2 Å². The molecule has 0 amide bonds. The first-order valence-electron chi connectivity index (χ1n) is 6.07. The molecule has 0 radical (unpaired) electrons. The molecule has 90 valence electrons. The average Bonchev–Trinajstić information content (AvgIpc) is 2.77. The van der Waals surface area contributed by atoms with Gasteiger partial charge in [0.05, 0.1) is 6.10 Å². The molecule has 1 aliphatic carbocycles. The Hall–Kier alpha value is -0.380. The fourth-order valence-corrected chi connectivity index (χ4v) is 3.30.